The Labute approximate surface area is 115 Å². The summed E-state index contributed by atoms with van der Waals surface area (Å²) in [4.78, 5) is 12.0. The summed E-state index contributed by atoms with van der Waals surface area (Å²) in [6.45, 7) is 6.31. The fourth-order valence-electron chi connectivity index (χ4n) is 2.91. The summed E-state index contributed by atoms with van der Waals surface area (Å²) in [6.07, 6.45) is 4.83. The van der Waals surface area contributed by atoms with Crippen molar-refractivity contribution in [1.82, 2.24) is 5.32 Å². The van der Waals surface area contributed by atoms with E-state index in [9.17, 15) is 4.79 Å². The van der Waals surface area contributed by atoms with Gasteiger partial charge in [0.15, 0.2) is 0 Å². The van der Waals surface area contributed by atoms with E-state index in [-0.39, 0.29) is 6.03 Å². The molecule has 2 N–H and O–H groups in total. The van der Waals surface area contributed by atoms with Gasteiger partial charge in [-0.2, -0.15) is 0 Å². The van der Waals surface area contributed by atoms with Crippen molar-refractivity contribution in [3.63, 3.8) is 0 Å². The van der Waals surface area contributed by atoms with Gasteiger partial charge in [0, 0.05) is 11.7 Å². The average molecular weight is 260 g/mol. The van der Waals surface area contributed by atoms with Crippen LogP contribution in [0.1, 0.15) is 43.7 Å². The molecule has 1 saturated carbocycles. The van der Waals surface area contributed by atoms with E-state index in [4.69, 9.17) is 0 Å². The van der Waals surface area contributed by atoms with Crippen LogP contribution in [-0.4, -0.2) is 12.1 Å². The predicted octanol–water partition coefficient (Wildman–Crippen LogP) is 4.00. The van der Waals surface area contributed by atoms with Gasteiger partial charge in [0.1, 0.15) is 0 Å². The molecule has 0 aliphatic heterocycles. The first-order valence-corrected chi connectivity index (χ1v) is 7.20. The first-order valence-electron chi connectivity index (χ1n) is 7.20. The highest BCUT2D eigenvalue weighted by Gasteiger charge is 2.22. The number of carbonyl (C=O) groups is 1. The minimum Gasteiger partial charge on any atom is -0.335 e. The number of hydrogen-bond acceptors (Lipinski definition) is 1. The van der Waals surface area contributed by atoms with E-state index in [1.165, 1.54) is 30.4 Å². The Morgan fingerprint density at radius 1 is 1.11 bits per heavy atom. The Hall–Kier alpha value is -1.51. The normalized spacial score (nSPS) is 22.9. The SMILES string of the molecule is Cc1cc(C)cc(NC(=O)NC2CCCCC2C)c1. The second-order valence-corrected chi connectivity index (χ2v) is 5.84. The highest BCUT2D eigenvalue weighted by molar-refractivity contribution is 5.89. The van der Waals surface area contributed by atoms with E-state index in [1.807, 2.05) is 26.0 Å². The van der Waals surface area contributed by atoms with E-state index < -0.39 is 0 Å². The molecule has 2 rings (SSSR count). The molecule has 3 nitrogen and oxygen atoms in total. The van der Waals surface area contributed by atoms with Crippen LogP contribution in [0.25, 0.3) is 0 Å². The van der Waals surface area contributed by atoms with Crippen LogP contribution in [0.2, 0.25) is 0 Å². The molecular formula is C16H24N2O. The zero-order valence-corrected chi connectivity index (χ0v) is 12.1. The number of carbonyl (C=O) groups excluding carboxylic acids is 1. The molecule has 1 aliphatic carbocycles. The Morgan fingerprint density at radius 3 is 2.37 bits per heavy atom. The zero-order valence-electron chi connectivity index (χ0n) is 12.1. The van der Waals surface area contributed by atoms with Gasteiger partial charge in [0.25, 0.3) is 0 Å². The van der Waals surface area contributed by atoms with Crippen LogP contribution in [0.3, 0.4) is 0 Å². The topological polar surface area (TPSA) is 41.1 Å². The molecule has 19 heavy (non-hydrogen) atoms. The standard InChI is InChI=1S/C16H24N2O/c1-11-8-12(2)10-14(9-11)17-16(19)18-15-7-5-4-6-13(15)3/h8-10,13,15H,4-7H2,1-3H3,(H2,17,18,19). The van der Waals surface area contributed by atoms with Crippen molar-refractivity contribution in [3.8, 4) is 0 Å². The van der Waals surface area contributed by atoms with Gasteiger partial charge >= 0.3 is 6.03 Å². The number of rotatable bonds is 2. The summed E-state index contributed by atoms with van der Waals surface area (Å²) in [5.74, 6) is 0.582. The molecule has 2 amide bonds. The summed E-state index contributed by atoms with van der Waals surface area (Å²) < 4.78 is 0. The second kappa shape index (κ2) is 6.09. The number of benzene rings is 1. The number of aryl methyl sites for hydroxylation is 2. The molecule has 1 aliphatic rings. The molecule has 1 aromatic rings. The zero-order chi connectivity index (χ0) is 13.8. The van der Waals surface area contributed by atoms with Crippen molar-refractivity contribution in [2.75, 3.05) is 5.32 Å². The number of anilines is 1. The fraction of sp³-hybridized carbons (Fsp3) is 0.562. The molecule has 0 bridgehead atoms. The molecule has 0 spiro atoms. The highest BCUT2D eigenvalue weighted by Crippen LogP contribution is 2.23. The molecule has 1 fully saturated rings. The Bertz CT molecular complexity index is 436. The monoisotopic (exact) mass is 260 g/mol. The smallest absolute Gasteiger partial charge is 0.319 e. The van der Waals surface area contributed by atoms with Gasteiger partial charge in [0.05, 0.1) is 0 Å². The third-order valence-electron chi connectivity index (χ3n) is 3.91. The number of hydrogen-bond donors (Lipinski definition) is 2. The lowest BCUT2D eigenvalue weighted by Gasteiger charge is -2.29. The Kier molecular flexibility index (Phi) is 4.46. The van der Waals surface area contributed by atoms with Gasteiger partial charge in [-0.3, -0.25) is 0 Å². The van der Waals surface area contributed by atoms with Crippen LogP contribution in [0.15, 0.2) is 18.2 Å². The van der Waals surface area contributed by atoms with Crippen LogP contribution in [0.5, 0.6) is 0 Å². The maximum absolute atomic E-state index is 12.0. The van der Waals surface area contributed by atoms with Crippen LogP contribution >= 0.6 is 0 Å². The lowest BCUT2D eigenvalue weighted by molar-refractivity contribution is 0.232. The Balaban J connectivity index is 1.93. The molecular weight excluding hydrogens is 236 g/mol. The molecule has 0 aromatic heterocycles. The predicted molar refractivity (Wildman–Crippen MR) is 79.5 cm³/mol. The summed E-state index contributed by atoms with van der Waals surface area (Å²) in [5.41, 5.74) is 3.21. The van der Waals surface area contributed by atoms with E-state index in [0.29, 0.717) is 12.0 Å². The van der Waals surface area contributed by atoms with Gasteiger partial charge in [-0.15, -0.1) is 0 Å². The van der Waals surface area contributed by atoms with Gasteiger partial charge in [0.2, 0.25) is 0 Å². The lowest BCUT2D eigenvalue weighted by atomic mass is 9.86. The largest absolute Gasteiger partial charge is 0.335 e. The van der Waals surface area contributed by atoms with Crippen molar-refractivity contribution in [2.24, 2.45) is 5.92 Å². The van der Waals surface area contributed by atoms with Crippen molar-refractivity contribution < 1.29 is 4.79 Å². The summed E-state index contributed by atoms with van der Waals surface area (Å²) in [7, 11) is 0. The Morgan fingerprint density at radius 2 is 1.74 bits per heavy atom. The van der Waals surface area contributed by atoms with Crippen LogP contribution in [0, 0.1) is 19.8 Å². The first kappa shape index (κ1) is 13.9. The second-order valence-electron chi connectivity index (χ2n) is 5.84. The van der Waals surface area contributed by atoms with E-state index in [1.54, 1.807) is 0 Å². The molecule has 2 unspecified atom stereocenters. The van der Waals surface area contributed by atoms with Crippen LogP contribution < -0.4 is 10.6 Å². The fourth-order valence-corrected chi connectivity index (χ4v) is 2.91. The van der Waals surface area contributed by atoms with Gasteiger partial charge in [-0.25, -0.2) is 4.79 Å². The third-order valence-corrected chi connectivity index (χ3v) is 3.91. The first-order chi connectivity index (χ1) is 9.04. The molecule has 3 heteroatoms. The maximum atomic E-state index is 12.0. The number of urea groups is 1. The molecule has 2 atom stereocenters. The van der Waals surface area contributed by atoms with Crippen molar-refractivity contribution in [1.29, 1.82) is 0 Å². The van der Waals surface area contributed by atoms with Crippen LogP contribution in [0.4, 0.5) is 10.5 Å². The molecule has 0 heterocycles. The van der Waals surface area contributed by atoms with Crippen LogP contribution in [-0.2, 0) is 0 Å². The lowest BCUT2D eigenvalue weighted by Crippen LogP contribution is -2.43. The van der Waals surface area contributed by atoms with Gasteiger partial charge in [-0.05, 0) is 55.9 Å². The molecule has 1 aromatic carbocycles. The van der Waals surface area contributed by atoms with Crippen molar-refractivity contribution >= 4 is 11.7 Å². The minimum absolute atomic E-state index is 0.0799. The number of nitrogens with one attached hydrogen (secondary N) is 2. The average Bonchev–Trinajstić information content (AvgIpc) is 2.30. The number of amides is 2. The third kappa shape index (κ3) is 3.98. The molecule has 104 valence electrons. The maximum Gasteiger partial charge on any atom is 0.319 e. The molecule has 0 saturated heterocycles. The van der Waals surface area contributed by atoms with E-state index >= 15 is 0 Å². The van der Waals surface area contributed by atoms with Crippen molar-refractivity contribution in [2.45, 2.75) is 52.5 Å². The highest BCUT2D eigenvalue weighted by atomic mass is 16.2. The summed E-state index contributed by atoms with van der Waals surface area (Å²) in [6, 6.07) is 6.34. The quantitative estimate of drug-likeness (QED) is 0.829. The van der Waals surface area contributed by atoms with Crippen molar-refractivity contribution in [3.05, 3.63) is 29.3 Å². The minimum atomic E-state index is -0.0799. The van der Waals surface area contributed by atoms with E-state index in [2.05, 4.69) is 23.6 Å². The van der Waals surface area contributed by atoms with E-state index in [0.717, 1.165) is 12.1 Å². The van der Waals surface area contributed by atoms with Gasteiger partial charge in [-0.1, -0.05) is 25.8 Å². The summed E-state index contributed by atoms with van der Waals surface area (Å²) in [5, 5.41) is 6.05. The molecule has 0 radical (unpaired) electrons. The van der Waals surface area contributed by atoms with Gasteiger partial charge < -0.3 is 10.6 Å². The summed E-state index contributed by atoms with van der Waals surface area (Å²) >= 11 is 0.